The number of hydrogen-bond donors (Lipinski definition) is 0. The zero-order valence-corrected chi connectivity index (χ0v) is 13.1. The van der Waals surface area contributed by atoms with Crippen LogP contribution in [0, 0.1) is 5.82 Å². The Morgan fingerprint density at radius 3 is 2.42 bits per heavy atom. The molecule has 3 rings (SSSR count). The first kappa shape index (κ1) is 15.9. The van der Waals surface area contributed by atoms with Gasteiger partial charge in [0.05, 0.1) is 6.42 Å². The zero-order valence-electron chi connectivity index (χ0n) is 13.1. The molecule has 3 aromatic rings. The van der Waals surface area contributed by atoms with Crippen molar-refractivity contribution >= 4 is 5.91 Å². The fourth-order valence-corrected chi connectivity index (χ4v) is 2.45. The van der Waals surface area contributed by atoms with Crippen molar-refractivity contribution in [2.45, 2.75) is 13.0 Å². The van der Waals surface area contributed by atoms with E-state index in [1.54, 1.807) is 24.3 Å². The first-order valence-electron chi connectivity index (χ1n) is 7.73. The zero-order chi connectivity index (χ0) is 16.8. The van der Waals surface area contributed by atoms with Crippen LogP contribution < -0.4 is 5.49 Å². The molecule has 0 unspecified atom stereocenters. The van der Waals surface area contributed by atoms with Gasteiger partial charge < -0.3 is 4.57 Å². The highest BCUT2D eigenvalue weighted by atomic mass is 19.1. The van der Waals surface area contributed by atoms with Gasteiger partial charge in [-0.2, -0.15) is 4.99 Å². The third kappa shape index (κ3) is 4.04. The monoisotopic (exact) mass is 320 g/mol. The van der Waals surface area contributed by atoms with Crippen molar-refractivity contribution in [3.63, 3.8) is 0 Å². The molecule has 24 heavy (non-hydrogen) atoms. The summed E-state index contributed by atoms with van der Waals surface area (Å²) in [7, 11) is 0. The van der Waals surface area contributed by atoms with Crippen LogP contribution in [0.15, 0.2) is 84.0 Å². The molecule has 4 heteroatoms. The number of pyridine rings is 1. The van der Waals surface area contributed by atoms with Crippen LogP contribution in [0.5, 0.6) is 0 Å². The SMILES string of the molecule is O=C(Cc1ccccc1F)N=c1ccccn1Cc1ccccc1. The topological polar surface area (TPSA) is 34.4 Å². The Labute approximate surface area is 139 Å². The highest BCUT2D eigenvalue weighted by Gasteiger charge is 2.06. The molecule has 2 aromatic carbocycles. The molecule has 0 N–H and O–H groups in total. The number of nitrogens with zero attached hydrogens (tertiary/aromatic N) is 2. The van der Waals surface area contributed by atoms with Gasteiger partial charge in [-0.25, -0.2) is 4.39 Å². The lowest BCUT2D eigenvalue weighted by atomic mass is 10.1. The first-order chi connectivity index (χ1) is 11.7. The van der Waals surface area contributed by atoms with Crippen LogP contribution >= 0.6 is 0 Å². The van der Waals surface area contributed by atoms with E-state index in [0.29, 0.717) is 17.6 Å². The molecular weight excluding hydrogens is 303 g/mol. The second-order valence-electron chi connectivity index (χ2n) is 5.45. The van der Waals surface area contributed by atoms with Crippen molar-refractivity contribution in [1.29, 1.82) is 0 Å². The number of carbonyl (C=O) groups excluding carboxylic acids is 1. The molecule has 1 amide bonds. The van der Waals surface area contributed by atoms with E-state index >= 15 is 0 Å². The molecule has 0 aliphatic carbocycles. The molecular formula is C20H17FN2O. The van der Waals surface area contributed by atoms with Gasteiger partial charge in [-0.05, 0) is 29.3 Å². The molecule has 0 radical (unpaired) electrons. The average Bonchev–Trinajstić information content (AvgIpc) is 2.60. The maximum absolute atomic E-state index is 13.7. The minimum absolute atomic E-state index is 0.0487. The summed E-state index contributed by atoms with van der Waals surface area (Å²) in [4.78, 5) is 16.3. The van der Waals surface area contributed by atoms with Crippen LogP contribution in [0.25, 0.3) is 0 Å². The Kier molecular flexibility index (Phi) is 4.96. The van der Waals surface area contributed by atoms with Crippen molar-refractivity contribution in [3.8, 4) is 0 Å². The number of aromatic nitrogens is 1. The van der Waals surface area contributed by atoms with Crippen molar-refractivity contribution in [2.75, 3.05) is 0 Å². The Balaban J connectivity index is 1.85. The Bertz CT molecular complexity index is 901. The summed E-state index contributed by atoms with van der Waals surface area (Å²) in [5, 5.41) is 0. The van der Waals surface area contributed by atoms with E-state index in [-0.39, 0.29) is 18.1 Å². The Hall–Kier alpha value is -3.01. The lowest BCUT2D eigenvalue weighted by molar-refractivity contribution is -0.117. The summed E-state index contributed by atoms with van der Waals surface area (Å²) >= 11 is 0. The Morgan fingerprint density at radius 2 is 1.62 bits per heavy atom. The molecule has 1 aromatic heterocycles. The smallest absolute Gasteiger partial charge is 0.252 e. The molecule has 1 heterocycles. The van der Waals surface area contributed by atoms with Crippen LogP contribution in [0.3, 0.4) is 0 Å². The van der Waals surface area contributed by atoms with E-state index in [0.717, 1.165) is 5.56 Å². The normalized spacial score (nSPS) is 11.5. The molecule has 3 nitrogen and oxygen atoms in total. The van der Waals surface area contributed by atoms with Gasteiger partial charge >= 0.3 is 0 Å². The fraction of sp³-hybridized carbons (Fsp3) is 0.100. The Morgan fingerprint density at radius 1 is 0.917 bits per heavy atom. The summed E-state index contributed by atoms with van der Waals surface area (Å²) in [5.41, 5.74) is 2.03. The van der Waals surface area contributed by atoms with E-state index < -0.39 is 0 Å². The highest BCUT2D eigenvalue weighted by Crippen LogP contribution is 2.07. The summed E-state index contributed by atoms with van der Waals surface area (Å²) < 4.78 is 15.6. The molecule has 0 aliphatic heterocycles. The van der Waals surface area contributed by atoms with Crippen LogP contribution in [-0.4, -0.2) is 10.5 Å². The summed E-state index contributed by atoms with van der Waals surface area (Å²) in [5.74, 6) is -0.751. The summed E-state index contributed by atoms with van der Waals surface area (Å²) in [6.45, 7) is 0.619. The highest BCUT2D eigenvalue weighted by molar-refractivity contribution is 5.79. The predicted octanol–water partition coefficient (Wildman–Crippen LogP) is 3.35. The maximum atomic E-state index is 13.7. The fourth-order valence-electron chi connectivity index (χ4n) is 2.45. The molecule has 120 valence electrons. The van der Waals surface area contributed by atoms with E-state index in [9.17, 15) is 9.18 Å². The standard InChI is InChI=1S/C20H17FN2O/c21-18-11-5-4-10-17(18)14-20(24)22-19-12-6-7-13-23(19)15-16-8-2-1-3-9-16/h1-13H,14-15H2. The van der Waals surface area contributed by atoms with Gasteiger partial charge in [0.15, 0.2) is 0 Å². The number of amides is 1. The predicted molar refractivity (Wildman–Crippen MR) is 90.7 cm³/mol. The minimum Gasteiger partial charge on any atom is -0.328 e. The van der Waals surface area contributed by atoms with Gasteiger partial charge in [-0.1, -0.05) is 54.6 Å². The second kappa shape index (κ2) is 7.51. The van der Waals surface area contributed by atoms with Crippen LogP contribution in [-0.2, 0) is 17.8 Å². The molecule has 0 spiro atoms. The van der Waals surface area contributed by atoms with Crippen molar-refractivity contribution in [1.82, 2.24) is 4.57 Å². The van der Waals surface area contributed by atoms with Gasteiger partial charge in [0, 0.05) is 12.7 Å². The van der Waals surface area contributed by atoms with Crippen LogP contribution in [0.4, 0.5) is 4.39 Å². The molecule has 0 bridgehead atoms. The number of hydrogen-bond acceptors (Lipinski definition) is 1. The van der Waals surface area contributed by atoms with E-state index in [2.05, 4.69) is 4.99 Å². The maximum Gasteiger partial charge on any atom is 0.252 e. The lowest BCUT2D eigenvalue weighted by Gasteiger charge is -2.07. The average molecular weight is 320 g/mol. The summed E-state index contributed by atoms with van der Waals surface area (Å²) in [6.07, 6.45) is 1.83. The first-order valence-corrected chi connectivity index (χ1v) is 7.73. The third-order valence-electron chi connectivity index (χ3n) is 3.65. The summed E-state index contributed by atoms with van der Waals surface area (Å²) in [6, 6.07) is 21.7. The van der Waals surface area contributed by atoms with Crippen LogP contribution in [0.1, 0.15) is 11.1 Å². The van der Waals surface area contributed by atoms with E-state index in [1.165, 1.54) is 6.07 Å². The van der Waals surface area contributed by atoms with Gasteiger partial charge in [0.25, 0.3) is 5.91 Å². The molecule has 0 atom stereocenters. The van der Waals surface area contributed by atoms with Crippen LogP contribution in [0.2, 0.25) is 0 Å². The number of benzene rings is 2. The van der Waals surface area contributed by atoms with E-state index in [1.807, 2.05) is 53.2 Å². The minimum atomic E-state index is -0.383. The van der Waals surface area contributed by atoms with Gasteiger partial charge in [-0.15, -0.1) is 0 Å². The molecule has 0 saturated heterocycles. The lowest BCUT2D eigenvalue weighted by Crippen LogP contribution is -2.22. The third-order valence-corrected chi connectivity index (χ3v) is 3.65. The molecule has 0 aliphatic rings. The van der Waals surface area contributed by atoms with Crippen molar-refractivity contribution in [3.05, 3.63) is 101 Å². The van der Waals surface area contributed by atoms with Gasteiger partial charge in [-0.3, -0.25) is 4.79 Å². The molecule has 0 fully saturated rings. The van der Waals surface area contributed by atoms with Crippen molar-refractivity contribution in [2.24, 2.45) is 4.99 Å². The van der Waals surface area contributed by atoms with Gasteiger partial charge in [0.2, 0.25) is 0 Å². The second-order valence-corrected chi connectivity index (χ2v) is 5.45. The van der Waals surface area contributed by atoms with E-state index in [4.69, 9.17) is 0 Å². The molecule has 0 saturated carbocycles. The number of rotatable bonds is 4. The van der Waals surface area contributed by atoms with Gasteiger partial charge in [0.1, 0.15) is 11.3 Å². The number of carbonyl (C=O) groups is 1. The van der Waals surface area contributed by atoms with Crippen molar-refractivity contribution < 1.29 is 9.18 Å². The number of halogens is 1. The quantitative estimate of drug-likeness (QED) is 0.726. The largest absolute Gasteiger partial charge is 0.328 e.